The topological polar surface area (TPSA) is 68.4 Å². The van der Waals surface area contributed by atoms with Gasteiger partial charge in [0.1, 0.15) is 6.10 Å². The summed E-state index contributed by atoms with van der Waals surface area (Å²) in [5, 5.41) is 12.5. The van der Waals surface area contributed by atoms with Gasteiger partial charge in [0.05, 0.1) is 6.42 Å². The van der Waals surface area contributed by atoms with E-state index in [-0.39, 0.29) is 11.7 Å². The molecule has 0 fully saturated rings. The van der Waals surface area contributed by atoms with Crippen LogP contribution in [0.15, 0.2) is 4.52 Å². The predicted octanol–water partition coefficient (Wildman–Crippen LogP) is 2.41. The van der Waals surface area contributed by atoms with Crippen LogP contribution in [0.1, 0.15) is 44.5 Å². The molecule has 0 aliphatic rings. The Morgan fingerprint density at radius 1 is 1.37 bits per heavy atom. The van der Waals surface area contributed by atoms with E-state index in [0.29, 0.717) is 13.0 Å². The third-order valence-electron chi connectivity index (χ3n) is 2.44. The number of rotatable bonds is 7. The van der Waals surface area contributed by atoms with Crippen molar-refractivity contribution in [2.45, 2.75) is 51.5 Å². The maximum absolute atomic E-state index is 12.2. The van der Waals surface area contributed by atoms with Crippen LogP contribution in [0.3, 0.4) is 0 Å². The zero-order valence-electron chi connectivity index (χ0n) is 10.8. The van der Waals surface area contributed by atoms with E-state index >= 15 is 0 Å². The van der Waals surface area contributed by atoms with Crippen LogP contribution in [-0.4, -0.2) is 34.1 Å². The van der Waals surface area contributed by atoms with Gasteiger partial charge in [-0.25, -0.2) is 0 Å². The summed E-state index contributed by atoms with van der Waals surface area (Å²) >= 11 is 0. The van der Waals surface area contributed by atoms with Gasteiger partial charge < -0.3 is 14.4 Å². The lowest BCUT2D eigenvalue weighted by Gasteiger charge is -2.12. The number of hydrogen-bond donors (Lipinski definition) is 1. The molecule has 0 aliphatic heterocycles. The van der Waals surface area contributed by atoms with Crippen LogP contribution in [0, 0.1) is 0 Å². The Balaban J connectivity index is 2.70. The lowest BCUT2D eigenvalue weighted by molar-refractivity contribution is -0.204. The quantitative estimate of drug-likeness (QED) is 0.831. The van der Waals surface area contributed by atoms with Crippen molar-refractivity contribution in [2.24, 2.45) is 0 Å². The fourth-order valence-electron chi connectivity index (χ4n) is 1.51. The lowest BCUT2D eigenvalue weighted by atomic mass is 10.2. The number of halogens is 3. The van der Waals surface area contributed by atoms with Crippen LogP contribution < -0.4 is 0 Å². The van der Waals surface area contributed by atoms with Crippen LogP contribution in [0.2, 0.25) is 0 Å². The Morgan fingerprint density at radius 2 is 2.05 bits per heavy atom. The molecule has 1 aromatic rings. The van der Waals surface area contributed by atoms with Crippen molar-refractivity contribution in [1.29, 1.82) is 0 Å². The normalized spacial score (nSPS) is 15.5. The third kappa shape index (κ3) is 4.79. The lowest BCUT2D eigenvalue weighted by Crippen LogP contribution is -2.30. The van der Waals surface area contributed by atoms with Gasteiger partial charge in [0.15, 0.2) is 6.10 Å². The maximum Gasteiger partial charge on any atom is 0.414 e. The van der Waals surface area contributed by atoms with Crippen LogP contribution in [0.4, 0.5) is 13.2 Å². The van der Waals surface area contributed by atoms with Crippen LogP contribution in [-0.2, 0) is 11.2 Å². The Hall–Kier alpha value is -1.15. The molecule has 1 aromatic heterocycles. The van der Waals surface area contributed by atoms with E-state index in [4.69, 9.17) is 14.4 Å². The number of alkyl halides is 3. The van der Waals surface area contributed by atoms with E-state index in [1.54, 1.807) is 6.92 Å². The molecule has 8 heteroatoms. The van der Waals surface area contributed by atoms with Gasteiger partial charge in [-0.05, 0) is 13.3 Å². The van der Waals surface area contributed by atoms with Crippen molar-refractivity contribution in [1.82, 2.24) is 10.1 Å². The molecular weight excluding hydrogens is 265 g/mol. The molecule has 1 rings (SSSR count). The standard InChI is InChI=1S/C11H17F3N2O3/c1-3-5-7(18-4-2)10-15-9(19-16-10)6-8(17)11(12,13)14/h7-8,17H,3-6H2,1-2H3. The van der Waals surface area contributed by atoms with Crippen molar-refractivity contribution in [2.75, 3.05) is 6.61 Å². The van der Waals surface area contributed by atoms with Crippen molar-refractivity contribution >= 4 is 0 Å². The largest absolute Gasteiger partial charge is 0.414 e. The van der Waals surface area contributed by atoms with Crippen molar-refractivity contribution < 1.29 is 27.5 Å². The first-order valence-electron chi connectivity index (χ1n) is 6.07. The molecule has 5 nitrogen and oxygen atoms in total. The molecule has 0 spiro atoms. The number of ether oxygens (including phenoxy) is 1. The molecule has 0 aromatic carbocycles. The molecule has 2 atom stereocenters. The van der Waals surface area contributed by atoms with Gasteiger partial charge in [0.2, 0.25) is 11.7 Å². The zero-order valence-corrected chi connectivity index (χ0v) is 10.8. The second-order valence-corrected chi connectivity index (χ2v) is 4.04. The minimum absolute atomic E-state index is 0.216. The molecule has 0 radical (unpaired) electrons. The van der Waals surface area contributed by atoms with Crippen LogP contribution in [0.5, 0.6) is 0 Å². The first-order valence-corrected chi connectivity index (χ1v) is 6.07. The monoisotopic (exact) mass is 282 g/mol. The second kappa shape index (κ2) is 6.85. The van der Waals surface area contributed by atoms with E-state index in [1.807, 2.05) is 6.92 Å². The van der Waals surface area contributed by atoms with Gasteiger partial charge in [-0.15, -0.1) is 0 Å². The summed E-state index contributed by atoms with van der Waals surface area (Å²) in [6, 6.07) is 0. The highest BCUT2D eigenvalue weighted by Crippen LogP contribution is 2.24. The molecule has 2 unspecified atom stereocenters. The average Bonchev–Trinajstić information content (AvgIpc) is 2.76. The minimum atomic E-state index is -4.70. The minimum Gasteiger partial charge on any atom is -0.383 e. The molecule has 0 bridgehead atoms. The average molecular weight is 282 g/mol. The Bertz CT molecular complexity index is 376. The highest BCUT2D eigenvalue weighted by molar-refractivity contribution is 4.93. The highest BCUT2D eigenvalue weighted by atomic mass is 19.4. The summed E-state index contributed by atoms with van der Waals surface area (Å²) in [5.74, 6) is -0.0336. The van der Waals surface area contributed by atoms with Crippen LogP contribution >= 0.6 is 0 Å². The number of nitrogens with zero attached hydrogens (tertiary/aromatic N) is 2. The van der Waals surface area contributed by atoms with Crippen molar-refractivity contribution in [3.63, 3.8) is 0 Å². The van der Waals surface area contributed by atoms with Gasteiger partial charge in [0, 0.05) is 6.61 Å². The molecule has 0 amide bonds. The summed E-state index contributed by atoms with van der Waals surface area (Å²) in [4.78, 5) is 3.84. The van der Waals surface area contributed by atoms with E-state index in [2.05, 4.69) is 10.1 Å². The first kappa shape index (κ1) is 15.9. The summed E-state index contributed by atoms with van der Waals surface area (Å²) in [6.07, 6.45) is -6.87. The van der Waals surface area contributed by atoms with E-state index in [9.17, 15) is 13.2 Å². The summed E-state index contributed by atoms with van der Waals surface area (Å²) < 4.78 is 46.6. The Labute approximate surface area is 108 Å². The number of hydrogen-bond acceptors (Lipinski definition) is 5. The molecule has 1 N–H and O–H groups in total. The van der Waals surface area contributed by atoms with Crippen molar-refractivity contribution in [3.8, 4) is 0 Å². The Morgan fingerprint density at radius 3 is 2.58 bits per heavy atom. The highest BCUT2D eigenvalue weighted by Gasteiger charge is 2.39. The first-order chi connectivity index (χ1) is 8.88. The molecule has 0 saturated heterocycles. The summed E-state index contributed by atoms with van der Waals surface area (Å²) in [5.41, 5.74) is 0. The fourth-order valence-corrected chi connectivity index (χ4v) is 1.51. The molecule has 1 heterocycles. The summed E-state index contributed by atoms with van der Waals surface area (Å²) in [7, 11) is 0. The van der Waals surface area contributed by atoms with E-state index in [1.165, 1.54) is 0 Å². The third-order valence-corrected chi connectivity index (χ3v) is 2.44. The van der Waals surface area contributed by atoms with Gasteiger partial charge >= 0.3 is 6.18 Å². The van der Waals surface area contributed by atoms with E-state index < -0.39 is 24.8 Å². The Kier molecular flexibility index (Phi) is 5.74. The van der Waals surface area contributed by atoms with Crippen LogP contribution in [0.25, 0.3) is 0 Å². The zero-order chi connectivity index (χ0) is 14.5. The second-order valence-electron chi connectivity index (χ2n) is 4.04. The molecule has 110 valence electrons. The number of aromatic nitrogens is 2. The molecular formula is C11H17F3N2O3. The van der Waals surface area contributed by atoms with Gasteiger partial charge in [-0.1, -0.05) is 18.5 Å². The number of aliphatic hydroxyl groups is 1. The number of aliphatic hydroxyl groups excluding tert-OH is 1. The molecule has 0 saturated carbocycles. The van der Waals surface area contributed by atoms with Gasteiger partial charge in [0.25, 0.3) is 0 Å². The summed E-state index contributed by atoms with van der Waals surface area (Å²) in [6.45, 7) is 4.19. The van der Waals surface area contributed by atoms with E-state index in [0.717, 1.165) is 6.42 Å². The van der Waals surface area contributed by atoms with Gasteiger partial charge in [-0.3, -0.25) is 0 Å². The smallest absolute Gasteiger partial charge is 0.383 e. The molecule has 0 aliphatic carbocycles. The maximum atomic E-state index is 12.2. The fraction of sp³-hybridized carbons (Fsp3) is 0.818. The van der Waals surface area contributed by atoms with Crippen molar-refractivity contribution in [3.05, 3.63) is 11.7 Å². The van der Waals surface area contributed by atoms with Gasteiger partial charge in [-0.2, -0.15) is 18.2 Å². The molecule has 19 heavy (non-hydrogen) atoms. The SMILES string of the molecule is CCCC(OCC)c1noc(CC(O)C(F)(F)F)n1. The predicted molar refractivity (Wildman–Crippen MR) is 59.3 cm³/mol.